The van der Waals surface area contributed by atoms with Crippen molar-refractivity contribution in [3.63, 3.8) is 0 Å². The molecule has 12 heteroatoms. The average molecular weight is 741 g/mol. The summed E-state index contributed by atoms with van der Waals surface area (Å²) in [6, 6.07) is 13.2. The fourth-order valence-corrected chi connectivity index (χ4v) is 7.64. The number of nitrogens with one attached hydrogen (secondary N) is 1. The van der Waals surface area contributed by atoms with Crippen molar-refractivity contribution in [2.24, 2.45) is 17.8 Å². The number of carbonyl (C=O) groups excluding carboxylic acids is 3. The Kier molecular flexibility index (Phi) is 14.0. The van der Waals surface area contributed by atoms with Gasteiger partial charge in [0.15, 0.2) is 12.1 Å². The Balaban J connectivity index is 1.78. The highest BCUT2D eigenvalue weighted by Crippen LogP contribution is 2.36. The number of fused-ring (bicyclic) bond motifs is 1. The number of nitrogens with zero attached hydrogens (tertiary/aromatic N) is 1. The van der Waals surface area contributed by atoms with Crippen molar-refractivity contribution in [2.45, 2.75) is 128 Å². The summed E-state index contributed by atoms with van der Waals surface area (Å²) in [6.45, 7) is 12.8. The number of ether oxygens (including phenoxy) is 4. The maximum Gasteiger partial charge on any atom is 0.316 e. The van der Waals surface area contributed by atoms with Crippen molar-refractivity contribution in [3.05, 3.63) is 54.1 Å². The molecule has 0 radical (unpaired) electrons. The average Bonchev–Trinajstić information content (AvgIpc) is 3.11. The molecular formula is C41H60N2O10. The van der Waals surface area contributed by atoms with Crippen molar-refractivity contribution >= 4 is 34.5 Å². The molecule has 0 spiro atoms. The van der Waals surface area contributed by atoms with Crippen LogP contribution in [0.4, 0.5) is 0 Å². The van der Waals surface area contributed by atoms with Crippen molar-refractivity contribution in [1.82, 2.24) is 10.2 Å². The van der Waals surface area contributed by atoms with E-state index in [0.717, 1.165) is 16.3 Å². The third-order valence-electron chi connectivity index (χ3n) is 11.2. The van der Waals surface area contributed by atoms with E-state index in [1.165, 1.54) is 27.7 Å². The zero-order chi connectivity index (χ0) is 39.4. The maximum absolute atomic E-state index is 14.3. The third kappa shape index (κ3) is 9.72. The number of benzene rings is 2. The van der Waals surface area contributed by atoms with E-state index in [2.05, 4.69) is 5.32 Å². The predicted octanol–water partition coefficient (Wildman–Crippen LogP) is 3.87. The molecule has 2 aromatic carbocycles. The van der Waals surface area contributed by atoms with Crippen LogP contribution in [0.2, 0.25) is 0 Å². The van der Waals surface area contributed by atoms with Crippen LogP contribution in [0, 0.1) is 17.8 Å². The first-order valence-corrected chi connectivity index (χ1v) is 18.7. The Hall–Kier alpha value is -3.23. The number of hydrogen-bond acceptors (Lipinski definition) is 11. The molecule has 2 heterocycles. The van der Waals surface area contributed by atoms with Crippen LogP contribution in [0.3, 0.4) is 0 Å². The minimum absolute atomic E-state index is 0.0824. The first kappa shape index (κ1) is 42.5. The van der Waals surface area contributed by atoms with E-state index in [9.17, 15) is 29.7 Å². The van der Waals surface area contributed by atoms with Gasteiger partial charge < -0.3 is 44.5 Å². The quantitative estimate of drug-likeness (QED) is 0.241. The number of cyclic esters (lactones) is 1. The molecule has 0 bridgehead atoms. The van der Waals surface area contributed by atoms with Crippen LogP contribution in [0.5, 0.6) is 0 Å². The van der Waals surface area contributed by atoms with Gasteiger partial charge in [-0.3, -0.25) is 14.4 Å². The van der Waals surface area contributed by atoms with Gasteiger partial charge in [0.05, 0.1) is 36.4 Å². The van der Waals surface area contributed by atoms with Gasteiger partial charge in [-0.1, -0.05) is 68.5 Å². The molecule has 0 unspecified atom stereocenters. The Morgan fingerprint density at radius 3 is 2.30 bits per heavy atom. The van der Waals surface area contributed by atoms with E-state index in [4.69, 9.17) is 18.9 Å². The lowest BCUT2D eigenvalue weighted by Gasteiger charge is -2.47. The molecule has 294 valence electrons. The molecule has 0 aliphatic carbocycles. The summed E-state index contributed by atoms with van der Waals surface area (Å²) in [5.74, 6) is -5.38. The molecular weight excluding hydrogens is 680 g/mol. The van der Waals surface area contributed by atoms with Gasteiger partial charge in [-0.05, 0) is 84.8 Å². The highest BCUT2D eigenvalue weighted by atomic mass is 16.7. The molecule has 1 amide bonds. The van der Waals surface area contributed by atoms with Gasteiger partial charge in [-0.15, -0.1) is 0 Å². The molecule has 4 rings (SSSR count). The van der Waals surface area contributed by atoms with E-state index >= 15 is 0 Å². The van der Waals surface area contributed by atoms with E-state index in [1.807, 2.05) is 80.5 Å². The highest BCUT2D eigenvalue weighted by molar-refractivity contribution is 6.00. The molecule has 12 nitrogen and oxygen atoms in total. The Morgan fingerprint density at radius 2 is 1.62 bits per heavy atom. The van der Waals surface area contributed by atoms with Crippen LogP contribution in [0.15, 0.2) is 48.5 Å². The van der Waals surface area contributed by atoms with Gasteiger partial charge in [0.2, 0.25) is 5.91 Å². The lowest BCUT2D eigenvalue weighted by Crippen LogP contribution is -2.60. The Labute approximate surface area is 313 Å². The minimum atomic E-state index is -2.02. The van der Waals surface area contributed by atoms with Crippen molar-refractivity contribution in [1.29, 1.82) is 0 Å². The van der Waals surface area contributed by atoms with Gasteiger partial charge in [-0.25, -0.2) is 0 Å². The van der Waals surface area contributed by atoms with Crippen LogP contribution < -0.4 is 5.32 Å². The molecule has 0 aromatic heterocycles. The van der Waals surface area contributed by atoms with Crippen LogP contribution >= 0.6 is 0 Å². The van der Waals surface area contributed by atoms with Crippen LogP contribution in [-0.4, -0.2) is 119 Å². The molecule has 2 aliphatic heterocycles. The second kappa shape index (κ2) is 17.5. The standard InChI is InChI=1S/C41H60N2O10/c1-23-22-40(7,50-20-14-18-30-17-13-16-29-15-11-12-19-31(29)30)36(53-39-34(45)32(43(9)10)21-24(2)51-39)25(3)33(44)26(4)38(48)52-28(6)41(8,49)35(46)27(5)37(47)42-23/h11-19,23-28,32,34-36,39,45-46,49H,20-22H2,1-10H3,(H,42,47)/b18-14+/t23-,24-,25+,26-,27-,28-,32+,34-,35-,36-,39+,40-,41-/m1/s1. The molecule has 2 fully saturated rings. The van der Waals surface area contributed by atoms with E-state index in [0.29, 0.717) is 6.42 Å². The first-order valence-electron chi connectivity index (χ1n) is 18.7. The lowest BCUT2D eigenvalue weighted by atomic mass is 9.79. The fourth-order valence-electron chi connectivity index (χ4n) is 7.64. The smallest absolute Gasteiger partial charge is 0.316 e. The van der Waals surface area contributed by atoms with Crippen molar-refractivity contribution < 1.29 is 48.7 Å². The van der Waals surface area contributed by atoms with E-state index < -0.39 is 83.4 Å². The molecule has 2 aromatic rings. The summed E-state index contributed by atoms with van der Waals surface area (Å²) >= 11 is 0. The topological polar surface area (TPSA) is 164 Å². The van der Waals surface area contributed by atoms with Gasteiger partial charge in [0.1, 0.15) is 23.7 Å². The second-order valence-electron chi connectivity index (χ2n) is 15.8. The zero-order valence-corrected chi connectivity index (χ0v) is 32.8. The summed E-state index contributed by atoms with van der Waals surface area (Å²) in [5, 5.41) is 39.0. The van der Waals surface area contributed by atoms with Gasteiger partial charge in [0.25, 0.3) is 0 Å². The number of likely N-dealkylation sites (N-methyl/N-ethyl adjacent to an activating group) is 1. The molecule has 53 heavy (non-hydrogen) atoms. The highest BCUT2D eigenvalue weighted by Gasteiger charge is 2.50. The normalized spacial score (nSPS) is 38.4. The zero-order valence-electron chi connectivity index (χ0n) is 32.8. The summed E-state index contributed by atoms with van der Waals surface area (Å²) in [7, 11) is 3.73. The number of ketones is 1. The molecule has 4 N–H and O–H groups in total. The number of rotatable bonds is 7. The molecule has 2 saturated heterocycles. The third-order valence-corrected chi connectivity index (χ3v) is 11.2. The summed E-state index contributed by atoms with van der Waals surface area (Å²) in [5.41, 5.74) is -2.35. The van der Waals surface area contributed by atoms with Crippen LogP contribution in [0.25, 0.3) is 16.8 Å². The minimum Gasteiger partial charge on any atom is -0.459 e. The summed E-state index contributed by atoms with van der Waals surface area (Å²) in [4.78, 5) is 43.1. The van der Waals surface area contributed by atoms with Crippen LogP contribution in [-0.2, 0) is 33.3 Å². The largest absolute Gasteiger partial charge is 0.459 e. The maximum atomic E-state index is 14.3. The monoisotopic (exact) mass is 740 g/mol. The second-order valence-corrected chi connectivity index (χ2v) is 15.8. The SMILES string of the molecule is C[C@H]1C(=O)O[C@H](C)[C@@](C)(O)[C@H](O)[C@@H](C)C(=O)N[C@H](C)C[C@@](C)(OC/C=C/c2cccc3ccccc23)[C@H](O[C@@H]2O[C@H](C)C[C@H](N(C)C)[C@H]2O)[C@@H](C)C1=O. The van der Waals surface area contributed by atoms with E-state index in [1.54, 1.807) is 20.8 Å². The number of amides is 1. The number of aliphatic hydroxyl groups excluding tert-OH is 2. The first-order chi connectivity index (χ1) is 24.8. The molecule has 13 atom stereocenters. The van der Waals surface area contributed by atoms with Crippen LogP contribution in [0.1, 0.15) is 73.8 Å². The number of aliphatic hydroxyl groups is 3. The Bertz CT molecular complexity index is 1610. The van der Waals surface area contributed by atoms with Crippen molar-refractivity contribution in [3.8, 4) is 0 Å². The fraction of sp³-hybridized carbons (Fsp3) is 0.634. The van der Waals surface area contributed by atoms with E-state index in [-0.39, 0.29) is 25.2 Å². The van der Waals surface area contributed by atoms with Gasteiger partial charge in [-0.2, -0.15) is 0 Å². The van der Waals surface area contributed by atoms with Gasteiger partial charge in [0, 0.05) is 18.0 Å². The summed E-state index contributed by atoms with van der Waals surface area (Å²) < 4.78 is 25.1. The number of Topliss-reactive ketones (excluding diaryl/α,β-unsaturated/α-hetero) is 1. The number of carbonyl (C=O) groups is 3. The summed E-state index contributed by atoms with van der Waals surface area (Å²) in [6.07, 6.45) is -2.00. The lowest BCUT2D eigenvalue weighted by molar-refractivity contribution is -0.296. The van der Waals surface area contributed by atoms with Gasteiger partial charge >= 0.3 is 5.97 Å². The molecule has 2 aliphatic rings. The predicted molar refractivity (Wildman–Crippen MR) is 202 cm³/mol. The Morgan fingerprint density at radius 1 is 0.962 bits per heavy atom. The molecule has 0 saturated carbocycles. The number of esters is 1. The number of hydrogen-bond donors (Lipinski definition) is 4. The van der Waals surface area contributed by atoms with Crippen molar-refractivity contribution in [2.75, 3.05) is 20.7 Å².